The first-order valence-electron chi connectivity index (χ1n) is 8.43. The van der Waals surface area contributed by atoms with E-state index in [9.17, 15) is 4.79 Å². The van der Waals surface area contributed by atoms with E-state index in [-0.39, 0.29) is 5.97 Å². The number of benzene rings is 2. The number of aryl methyl sites for hydroxylation is 2. The van der Waals surface area contributed by atoms with Gasteiger partial charge in [0.25, 0.3) is 0 Å². The smallest absolute Gasteiger partial charge is 0.305 e. The molecule has 2 rings (SSSR count). The van der Waals surface area contributed by atoms with Gasteiger partial charge in [0.1, 0.15) is 12.4 Å². The van der Waals surface area contributed by atoms with Crippen LogP contribution in [0.25, 0.3) is 0 Å². The van der Waals surface area contributed by atoms with Crippen LogP contribution in [0.1, 0.15) is 43.4 Å². The fourth-order valence-electron chi connectivity index (χ4n) is 2.11. The molecule has 2 aromatic carbocycles. The number of hydrogen-bond acceptors (Lipinski definition) is 3. The normalized spacial score (nSPS) is 9.67. The molecule has 0 unspecified atom stereocenters. The standard InChI is InChI=1S/C18H20O3.C3H8/c1-14-12-15(9-11-18(19)20-2)8-10-17(14)21-13-16-6-4-3-5-7-16;1-3-2/h3-8,10,12H,9,11,13H2,1-2H3;3H2,1-2H3. The van der Waals surface area contributed by atoms with Gasteiger partial charge in [-0.15, -0.1) is 0 Å². The van der Waals surface area contributed by atoms with Gasteiger partial charge in [0.2, 0.25) is 0 Å². The SMILES string of the molecule is CCC.COC(=O)CCc1ccc(OCc2ccccc2)c(C)c1. The van der Waals surface area contributed by atoms with Crippen molar-refractivity contribution in [2.75, 3.05) is 7.11 Å². The highest BCUT2D eigenvalue weighted by molar-refractivity contribution is 5.69. The quantitative estimate of drug-likeness (QED) is 0.692. The first-order valence-corrected chi connectivity index (χ1v) is 8.43. The molecule has 0 spiro atoms. The van der Waals surface area contributed by atoms with Gasteiger partial charge in [-0.25, -0.2) is 0 Å². The Balaban J connectivity index is 0.000000891. The molecule has 0 fully saturated rings. The topological polar surface area (TPSA) is 35.5 Å². The largest absolute Gasteiger partial charge is 0.489 e. The molecule has 2 aromatic rings. The van der Waals surface area contributed by atoms with E-state index in [0.29, 0.717) is 19.4 Å². The molecule has 3 heteroatoms. The van der Waals surface area contributed by atoms with Crippen LogP contribution in [-0.4, -0.2) is 13.1 Å². The van der Waals surface area contributed by atoms with Gasteiger partial charge in [-0.3, -0.25) is 4.79 Å². The van der Waals surface area contributed by atoms with Crippen LogP contribution in [0.15, 0.2) is 48.5 Å². The summed E-state index contributed by atoms with van der Waals surface area (Å²) in [5.74, 6) is 0.692. The summed E-state index contributed by atoms with van der Waals surface area (Å²) in [6, 6.07) is 16.1. The molecule has 3 nitrogen and oxygen atoms in total. The van der Waals surface area contributed by atoms with E-state index in [1.54, 1.807) is 0 Å². The molecule has 130 valence electrons. The molecule has 0 N–H and O–H groups in total. The third-order valence-corrected chi connectivity index (χ3v) is 3.32. The third kappa shape index (κ3) is 7.32. The first-order chi connectivity index (χ1) is 11.6. The molecule has 0 atom stereocenters. The molecule has 0 radical (unpaired) electrons. The molecular weight excluding hydrogens is 300 g/mol. The lowest BCUT2D eigenvalue weighted by molar-refractivity contribution is -0.140. The monoisotopic (exact) mass is 328 g/mol. The number of carbonyl (C=O) groups is 1. The zero-order chi connectivity index (χ0) is 17.8. The Hall–Kier alpha value is -2.29. The minimum absolute atomic E-state index is 0.183. The number of rotatable bonds is 6. The predicted molar refractivity (Wildman–Crippen MR) is 98.3 cm³/mol. The maximum atomic E-state index is 11.1. The Kier molecular flexibility index (Phi) is 9.28. The molecule has 0 heterocycles. The van der Waals surface area contributed by atoms with Crippen LogP contribution < -0.4 is 4.74 Å². The highest BCUT2D eigenvalue weighted by Crippen LogP contribution is 2.21. The lowest BCUT2D eigenvalue weighted by Gasteiger charge is -2.10. The summed E-state index contributed by atoms with van der Waals surface area (Å²) in [4.78, 5) is 11.1. The molecule has 0 bridgehead atoms. The molecule has 24 heavy (non-hydrogen) atoms. The van der Waals surface area contributed by atoms with Crippen molar-refractivity contribution >= 4 is 5.97 Å². The summed E-state index contributed by atoms with van der Waals surface area (Å²) >= 11 is 0. The van der Waals surface area contributed by atoms with Crippen molar-refractivity contribution in [1.82, 2.24) is 0 Å². The van der Waals surface area contributed by atoms with Crippen LogP contribution in [0.5, 0.6) is 5.75 Å². The van der Waals surface area contributed by atoms with Gasteiger partial charge < -0.3 is 9.47 Å². The van der Waals surface area contributed by atoms with Gasteiger partial charge in [-0.05, 0) is 36.1 Å². The van der Waals surface area contributed by atoms with E-state index in [4.69, 9.17) is 4.74 Å². The van der Waals surface area contributed by atoms with Crippen molar-refractivity contribution < 1.29 is 14.3 Å². The summed E-state index contributed by atoms with van der Waals surface area (Å²) in [6.45, 7) is 6.82. The Morgan fingerprint density at radius 3 is 2.25 bits per heavy atom. The van der Waals surface area contributed by atoms with E-state index < -0.39 is 0 Å². The van der Waals surface area contributed by atoms with Crippen molar-refractivity contribution in [3.8, 4) is 5.75 Å². The van der Waals surface area contributed by atoms with E-state index in [1.165, 1.54) is 13.5 Å². The van der Waals surface area contributed by atoms with Crippen molar-refractivity contribution in [1.29, 1.82) is 0 Å². The minimum atomic E-state index is -0.183. The van der Waals surface area contributed by atoms with Crippen molar-refractivity contribution in [2.24, 2.45) is 0 Å². The number of esters is 1. The van der Waals surface area contributed by atoms with Crippen LogP contribution in [0, 0.1) is 6.92 Å². The lowest BCUT2D eigenvalue weighted by Crippen LogP contribution is -2.02. The number of carbonyl (C=O) groups excluding carboxylic acids is 1. The zero-order valence-electron chi connectivity index (χ0n) is 15.2. The number of methoxy groups -OCH3 is 1. The van der Waals surface area contributed by atoms with Crippen LogP contribution in [0.4, 0.5) is 0 Å². The third-order valence-electron chi connectivity index (χ3n) is 3.32. The summed E-state index contributed by atoms with van der Waals surface area (Å²) in [5.41, 5.74) is 3.34. The maximum absolute atomic E-state index is 11.1. The summed E-state index contributed by atoms with van der Waals surface area (Å²) in [7, 11) is 1.41. The Morgan fingerprint density at radius 2 is 1.67 bits per heavy atom. The average molecular weight is 328 g/mol. The van der Waals surface area contributed by atoms with Gasteiger partial charge in [0, 0.05) is 6.42 Å². The minimum Gasteiger partial charge on any atom is -0.489 e. The molecule has 0 amide bonds. The second-order valence-corrected chi connectivity index (χ2v) is 5.66. The van der Waals surface area contributed by atoms with E-state index in [2.05, 4.69) is 24.7 Å². The van der Waals surface area contributed by atoms with Crippen LogP contribution in [0.3, 0.4) is 0 Å². The molecule has 0 aliphatic rings. The molecule has 0 aromatic heterocycles. The second-order valence-electron chi connectivity index (χ2n) is 5.66. The average Bonchev–Trinajstić information content (AvgIpc) is 2.60. The fraction of sp³-hybridized carbons (Fsp3) is 0.381. The van der Waals surface area contributed by atoms with Crippen LogP contribution in [-0.2, 0) is 22.6 Å². The van der Waals surface area contributed by atoms with Crippen molar-refractivity contribution in [3.63, 3.8) is 0 Å². The van der Waals surface area contributed by atoms with E-state index in [0.717, 1.165) is 22.4 Å². The Morgan fingerprint density at radius 1 is 1.00 bits per heavy atom. The summed E-state index contributed by atoms with van der Waals surface area (Å²) in [5, 5.41) is 0. The molecule has 0 saturated carbocycles. The van der Waals surface area contributed by atoms with Gasteiger partial charge >= 0.3 is 5.97 Å². The highest BCUT2D eigenvalue weighted by atomic mass is 16.5. The highest BCUT2D eigenvalue weighted by Gasteiger charge is 2.05. The van der Waals surface area contributed by atoms with Gasteiger partial charge in [-0.2, -0.15) is 0 Å². The van der Waals surface area contributed by atoms with Gasteiger partial charge in [0.15, 0.2) is 0 Å². The van der Waals surface area contributed by atoms with Gasteiger partial charge in [0.05, 0.1) is 7.11 Å². The van der Waals surface area contributed by atoms with Crippen LogP contribution in [0.2, 0.25) is 0 Å². The number of hydrogen-bond donors (Lipinski definition) is 0. The molecule has 0 aliphatic carbocycles. The van der Waals surface area contributed by atoms with Crippen LogP contribution >= 0.6 is 0 Å². The predicted octanol–water partition coefficient (Wildman–Crippen LogP) is 5.10. The molecule has 0 saturated heterocycles. The maximum Gasteiger partial charge on any atom is 0.305 e. The zero-order valence-corrected chi connectivity index (χ0v) is 15.2. The van der Waals surface area contributed by atoms with Gasteiger partial charge in [-0.1, -0.05) is 62.7 Å². The lowest BCUT2D eigenvalue weighted by atomic mass is 10.1. The fourth-order valence-corrected chi connectivity index (χ4v) is 2.11. The molecule has 0 aliphatic heterocycles. The first kappa shape index (κ1) is 19.8. The summed E-state index contributed by atoms with van der Waals surface area (Å²) < 4.78 is 10.5. The van der Waals surface area contributed by atoms with E-state index >= 15 is 0 Å². The van der Waals surface area contributed by atoms with Crippen molar-refractivity contribution in [3.05, 3.63) is 65.2 Å². The summed E-state index contributed by atoms with van der Waals surface area (Å²) in [6.07, 6.45) is 2.34. The van der Waals surface area contributed by atoms with Crippen molar-refractivity contribution in [2.45, 2.75) is 46.6 Å². The molecular formula is C21H28O3. The Labute approximate surface area is 145 Å². The van der Waals surface area contributed by atoms with E-state index in [1.807, 2.05) is 49.4 Å². The Bertz CT molecular complexity index is 606. The number of ether oxygens (including phenoxy) is 2. The second kappa shape index (κ2) is 11.3.